The molecule has 0 unspecified atom stereocenters. The van der Waals surface area contributed by atoms with Gasteiger partial charge in [0.2, 0.25) is 0 Å². The van der Waals surface area contributed by atoms with E-state index >= 15 is 0 Å². The number of alkyl halides is 1. The molecule has 314 valence electrons. The average molecular weight is 791 g/mol. The van der Waals surface area contributed by atoms with Crippen molar-refractivity contribution >= 4 is 0 Å². The molecule has 0 amide bonds. The fourth-order valence-electron chi connectivity index (χ4n) is 5.38. The first-order valence-electron chi connectivity index (χ1n) is 19.6. The van der Waals surface area contributed by atoms with Crippen LogP contribution in [0.5, 0.6) is 0 Å². The lowest BCUT2D eigenvalue weighted by Crippen LogP contribution is -2.34. The number of halogens is 1. The van der Waals surface area contributed by atoms with Crippen LogP contribution in [0.1, 0.15) is 16.7 Å². The van der Waals surface area contributed by atoms with E-state index in [0.717, 1.165) is 16.7 Å². The summed E-state index contributed by atoms with van der Waals surface area (Å²) in [5.74, 6) is 0. The second-order valence-electron chi connectivity index (χ2n) is 12.1. The molecule has 0 atom stereocenters. The van der Waals surface area contributed by atoms with Crippen molar-refractivity contribution in [3.05, 3.63) is 108 Å². The lowest BCUT2D eigenvalue weighted by molar-refractivity contribution is -0.0399. The Morgan fingerprint density at radius 3 is 0.679 bits per heavy atom. The summed E-state index contributed by atoms with van der Waals surface area (Å²) in [6.45, 7) is 10.0. The molecule has 3 rings (SSSR count). The minimum atomic E-state index is -0.756. The maximum Gasteiger partial charge on any atom is 0.143 e. The van der Waals surface area contributed by atoms with E-state index in [4.69, 9.17) is 56.8 Å². The monoisotopic (exact) mass is 790 g/mol. The van der Waals surface area contributed by atoms with Gasteiger partial charge in [0.25, 0.3) is 0 Å². The van der Waals surface area contributed by atoms with E-state index < -0.39 is 12.3 Å². The largest absolute Gasteiger partial charge is 0.377 e. The van der Waals surface area contributed by atoms with Crippen molar-refractivity contribution in [2.24, 2.45) is 0 Å². The summed E-state index contributed by atoms with van der Waals surface area (Å²) in [6, 6.07) is 30.9. The highest BCUT2D eigenvalue weighted by Gasteiger charge is 2.37. The Bertz CT molecular complexity index is 1160. The molecule has 0 heterocycles. The zero-order valence-corrected chi connectivity index (χ0v) is 32.9. The quantitative estimate of drug-likeness (QED) is 0.0564. The van der Waals surface area contributed by atoms with Gasteiger partial charge in [-0.25, -0.2) is 4.39 Å². The van der Waals surface area contributed by atoms with Gasteiger partial charge >= 0.3 is 0 Å². The van der Waals surface area contributed by atoms with Crippen LogP contribution in [0.3, 0.4) is 0 Å². The molecule has 0 spiro atoms. The Morgan fingerprint density at radius 1 is 0.268 bits per heavy atom. The predicted octanol–water partition coefficient (Wildman–Crippen LogP) is 5.15. The van der Waals surface area contributed by atoms with Gasteiger partial charge in [-0.15, -0.1) is 0 Å². The van der Waals surface area contributed by atoms with Crippen LogP contribution in [0.2, 0.25) is 0 Å². The molecule has 13 heteroatoms. The van der Waals surface area contributed by atoms with E-state index in [1.165, 1.54) is 0 Å². The van der Waals surface area contributed by atoms with E-state index in [1.54, 1.807) is 0 Å². The number of ether oxygens (including phenoxy) is 12. The van der Waals surface area contributed by atoms with Crippen LogP contribution < -0.4 is 0 Å². The van der Waals surface area contributed by atoms with Crippen LogP contribution in [0.25, 0.3) is 0 Å². The lowest BCUT2D eigenvalue weighted by Gasteiger charge is -2.36. The zero-order valence-electron chi connectivity index (χ0n) is 32.9. The fourth-order valence-corrected chi connectivity index (χ4v) is 5.38. The first-order valence-corrected chi connectivity index (χ1v) is 19.6. The normalized spacial score (nSPS) is 11.7. The Labute approximate surface area is 332 Å². The van der Waals surface area contributed by atoms with Crippen molar-refractivity contribution in [3.63, 3.8) is 0 Å². The second kappa shape index (κ2) is 34.2. The standard InChI is InChI=1S/C43H63FO12/c44-16-17-45-18-19-46-20-21-47-22-23-48-24-25-49-26-27-50-28-29-51-30-31-52-32-33-53-34-35-54-36-37-55-38-39-56-43(40-10-4-1-5-11-40,41-12-6-2-7-13-41)42-14-8-3-9-15-42/h1-15H,16-39H2. The molecule has 56 heavy (non-hydrogen) atoms. The summed E-state index contributed by atoms with van der Waals surface area (Å²) in [5.41, 5.74) is 2.44. The van der Waals surface area contributed by atoms with Crippen LogP contribution in [0, 0.1) is 0 Å². The Morgan fingerprint density at radius 2 is 0.464 bits per heavy atom. The van der Waals surface area contributed by atoms with Crippen LogP contribution in [-0.2, 0) is 62.4 Å². The molecule has 0 aromatic heterocycles. The predicted molar refractivity (Wildman–Crippen MR) is 210 cm³/mol. The molecule has 0 saturated carbocycles. The highest BCUT2D eigenvalue weighted by atomic mass is 19.1. The van der Waals surface area contributed by atoms with E-state index in [-0.39, 0.29) is 6.61 Å². The van der Waals surface area contributed by atoms with Crippen LogP contribution in [0.4, 0.5) is 4.39 Å². The van der Waals surface area contributed by atoms with Crippen molar-refractivity contribution < 1.29 is 61.2 Å². The maximum absolute atomic E-state index is 11.9. The van der Waals surface area contributed by atoms with Gasteiger partial charge in [-0.3, -0.25) is 0 Å². The summed E-state index contributed by atoms with van der Waals surface area (Å²) < 4.78 is 78.8. The number of benzene rings is 3. The van der Waals surface area contributed by atoms with Crippen molar-refractivity contribution in [1.82, 2.24) is 0 Å². The van der Waals surface area contributed by atoms with Gasteiger partial charge in [0.15, 0.2) is 0 Å². The molecule has 0 radical (unpaired) electrons. The topological polar surface area (TPSA) is 111 Å². The SMILES string of the molecule is FCCOCCOCCOCCOCCOCCOCCOCCOCCOCCOCCOCCOC(c1ccccc1)(c1ccccc1)c1ccccc1. The van der Waals surface area contributed by atoms with Crippen LogP contribution in [0.15, 0.2) is 91.0 Å². The second-order valence-corrected chi connectivity index (χ2v) is 12.1. The maximum atomic E-state index is 11.9. The third-order valence-corrected chi connectivity index (χ3v) is 8.03. The molecule has 0 fully saturated rings. The van der Waals surface area contributed by atoms with E-state index in [9.17, 15) is 4.39 Å². The summed E-state index contributed by atoms with van der Waals surface area (Å²) in [7, 11) is 0. The smallest absolute Gasteiger partial charge is 0.143 e. The Kier molecular flexibility index (Phi) is 29.0. The number of rotatable bonds is 39. The number of hydrogen-bond acceptors (Lipinski definition) is 12. The molecule has 3 aromatic carbocycles. The molecule has 3 aromatic rings. The van der Waals surface area contributed by atoms with Crippen molar-refractivity contribution in [1.29, 1.82) is 0 Å². The summed E-state index contributed by atoms with van der Waals surface area (Å²) >= 11 is 0. The first kappa shape index (κ1) is 47.5. The Balaban J connectivity index is 1.04. The molecule has 0 bridgehead atoms. The molecule has 0 aliphatic heterocycles. The first-order chi connectivity index (χ1) is 27.9. The van der Waals surface area contributed by atoms with E-state index in [2.05, 4.69) is 36.4 Å². The molecular formula is C43H63FO12. The highest BCUT2D eigenvalue weighted by Crippen LogP contribution is 2.40. The minimum Gasteiger partial charge on any atom is -0.377 e. The highest BCUT2D eigenvalue weighted by molar-refractivity contribution is 5.47. The molecule has 0 aliphatic carbocycles. The molecular weight excluding hydrogens is 727 g/mol. The Hall–Kier alpha value is -2.89. The molecule has 0 saturated heterocycles. The van der Waals surface area contributed by atoms with E-state index in [1.807, 2.05) is 54.6 Å². The molecule has 0 aliphatic rings. The third kappa shape index (κ3) is 21.6. The molecule has 0 N–H and O–H groups in total. The van der Waals surface area contributed by atoms with Crippen molar-refractivity contribution in [3.8, 4) is 0 Å². The lowest BCUT2D eigenvalue weighted by atomic mass is 9.80. The van der Waals surface area contributed by atoms with Crippen LogP contribution in [-0.4, -0.2) is 159 Å². The fraction of sp³-hybridized carbons (Fsp3) is 0.581. The van der Waals surface area contributed by atoms with Crippen molar-refractivity contribution in [2.75, 3.05) is 159 Å². The van der Waals surface area contributed by atoms with Gasteiger partial charge in [0.05, 0.1) is 152 Å². The van der Waals surface area contributed by atoms with E-state index in [0.29, 0.717) is 145 Å². The summed E-state index contributed by atoms with van der Waals surface area (Å²) in [4.78, 5) is 0. The van der Waals surface area contributed by atoms with Gasteiger partial charge in [0, 0.05) is 0 Å². The van der Waals surface area contributed by atoms with Gasteiger partial charge < -0.3 is 56.8 Å². The minimum absolute atomic E-state index is 0.110. The molecule has 12 nitrogen and oxygen atoms in total. The van der Waals surface area contributed by atoms with Gasteiger partial charge in [0.1, 0.15) is 12.3 Å². The van der Waals surface area contributed by atoms with Gasteiger partial charge in [-0.2, -0.15) is 0 Å². The average Bonchev–Trinajstić information content (AvgIpc) is 3.24. The number of hydrogen-bond donors (Lipinski definition) is 0. The third-order valence-electron chi connectivity index (χ3n) is 8.03. The summed E-state index contributed by atoms with van der Waals surface area (Å²) in [5, 5.41) is 0. The van der Waals surface area contributed by atoms with Gasteiger partial charge in [-0.1, -0.05) is 91.0 Å². The van der Waals surface area contributed by atoms with Gasteiger partial charge in [-0.05, 0) is 16.7 Å². The summed E-state index contributed by atoms with van der Waals surface area (Å²) in [6.07, 6.45) is 0. The van der Waals surface area contributed by atoms with Crippen LogP contribution >= 0.6 is 0 Å². The zero-order chi connectivity index (χ0) is 39.3. The van der Waals surface area contributed by atoms with Crippen molar-refractivity contribution in [2.45, 2.75) is 5.60 Å².